The summed E-state index contributed by atoms with van der Waals surface area (Å²) in [5.74, 6) is 0.577. The van der Waals surface area contributed by atoms with Gasteiger partial charge in [-0.25, -0.2) is 13.1 Å². The number of rotatable bonds is 5. The lowest BCUT2D eigenvalue weighted by atomic mass is 9.77. The summed E-state index contributed by atoms with van der Waals surface area (Å²) in [6.45, 7) is 5.81. The molecule has 0 saturated heterocycles. The van der Waals surface area contributed by atoms with E-state index in [9.17, 15) is 8.42 Å². The average molecular weight is 291 g/mol. The van der Waals surface area contributed by atoms with E-state index in [0.717, 1.165) is 12.8 Å². The van der Waals surface area contributed by atoms with Crippen LogP contribution >= 0.6 is 0 Å². The van der Waals surface area contributed by atoms with Crippen LogP contribution in [0.1, 0.15) is 46.5 Å². The maximum atomic E-state index is 12.1. The molecule has 0 heterocycles. The van der Waals surface area contributed by atoms with E-state index in [1.54, 1.807) is 0 Å². The van der Waals surface area contributed by atoms with Gasteiger partial charge < -0.3 is 10.9 Å². The molecule has 1 aliphatic carbocycles. The minimum Gasteiger partial charge on any atom is -0.409 e. The fourth-order valence-electron chi connectivity index (χ4n) is 2.54. The fourth-order valence-corrected chi connectivity index (χ4v) is 4.40. The second-order valence-corrected chi connectivity index (χ2v) is 7.79. The van der Waals surface area contributed by atoms with Crippen molar-refractivity contribution in [3.8, 4) is 0 Å². The van der Waals surface area contributed by atoms with Gasteiger partial charge in [0.2, 0.25) is 10.0 Å². The molecule has 19 heavy (non-hydrogen) atoms. The highest BCUT2D eigenvalue weighted by Crippen LogP contribution is 2.32. The molecule has 0 aliphatic heterocycles. The number of oxime groups is 1. The van der Waals surface area contributed by atoms with Gasteiger partial charge >= 0.3 is 0 Å². The molecule has 0 atom stereocenters. The zero-order chi connectivity index (χ0) is 14.7. The van der Waals surface area contributed by atoms with E-state index >= 15 is 0 Å². The molecule has 1 fully saturated rings. The summed E-state index contributed by atoms with van der Waals surface area (Å²) in [6, 6.07) is 0. The Kier molecular flexibility index (Phi) is 5.20. The van der Waals surface area contributed by atoms with Gasteiger partial charge in [-0.3, -0.25) is 0 Å². The predicted octanol–water partition coefficient (Wildman–Crippen LogP) is 1.26. The van der Waals surface area contributed by atoms with Gasteiger partial charge in [0, 0.05) is 0 Å². The minimum atomic E-state index is -3.43. The van der Waals surface area contributed by atoms with Crippen LogP contribution in [0.4, 0.5) is 0 Å². The Morgan fingerprint density at radius 3 is 2.42 bits per heavy atom. The van der Waals surface area contributed by atoms with E-state index in [1.807, 2.05) is 13.8 Å². The molecule has 1 rings (SSSR count). The van der Waals surface area contributed by atoms with Crippen LogP contribution in [0.2, 0.25) is 0 Å². The molecule has 112 valence electrons. The Bertz CT molecular complexity index is 424. The normalized spacial score (nSPS) is 29.7. The molecule has 1 saturated carbocycles. The first-order chi connectivity index (χ1) is 8.71. The van der Waals surface area contributed by atoms with E-state index in [0.29, 0.717) is 18.8 Å². The van der Waals surface area contributed by atoms with Gasteiger partial charge in [0.15, 0.2) is 5.84 Å². The molecule has 0 spiro atoms. The van der Waals surface area contributed by atoms with Gasteiger partial charge in [0.1, 0.15) is 0 Å². The Hall–Kier alpha value is -0.820. The Labute approximate surface area is 115 Å². The van der Waals surface area contributed by atoms with E-state index in [1.165, 1.54) is 0 Å². The van der Waals surface area contributed by atoms with Crippen molar-refractivity contribution in [1.82, 2.24) is 4.72 Å². The number of hydrogen-bond donors (Lipinski definition) is 3. The minimum absolute atomic E-state index is 0.0318. The summed E-state index contributed by atoms with van der Waals surface area (Å²) in [5, 5.41) is 12.0. The summed E-state index contributed by atoms with van der Waals surface area (Å²) in [7, 11) is -3.43. The molecule has 0 unspecified atom stereocenters. The van der Waals surface area contributed by atoms with Gasteiger partial charge in [-0.05, 0) is 37.5 Å². The van der Waals surface area contributed by atoms with Crippen molar-refractivity contribution in [2.75, 3.05) is 5.75 Å². The fraction of sp³-hybridized carbons (Fsp3) is 0.917. The van der Waals surface area contributed by atoms with Crippen LogP contribution < -0.4 is 10.5 Å². The van der Waals surface area contributed by atoms with Gasteiger partial charge in [-0.1, -0.05) is 25.9 Å². The standard InChI is InChI=1S/C12H25N3O3S/c1-9(2)8-19(17,18)15-12(11(13)14-16)6-4-10(3)5-7-12/h9-10,15-16H,4-8H2,1-3H3,(H2,13,14). The molecular formula is C12H25N3O3S. The molecule has 6 nitrogen and oxygen atoms in total. The zero-order valence-corrected chi connectivity index (χ0v) is 12.7. The second kappa shape index (κ2) is 6.09. The van der Waals surface area contributed by atoms with Crippen molar-refractivity contribution in [2.45, 2.75) is 52.0 Å². The number of nitrogens with one attached hydrogen (secondary N) is 1. The van der Waals surface area contributed by atoms with Crippen molar-refractivity contribution in [3.05, 3.63) is 0 Å². The first kappa shape index (κ1) is 16.2. The summed E-state index contributed by atoms with van der Waals surface area (Å²) >= 11 is 0. The number of hydrogen-bond acceptors (Lipinski definition) is 4. The lowest BCUT2D eigenvalue weighted by molar-refractivity contribution is 0.266. The van der Waals surface area contributed by atoms with Crippen LogP contribution in [0.5, 0.6) is 0 Å². The molecule has 0 aromatic heterocycles. The smallest absolute Gasteiger partial charge is 0.212 e. The van der Waals surface area contributed by atoms with E-state index in [4.69, 9.17) is 10.9 Å². The predicted molar refractivity (Wildman–Crippen MR) is 75.5 cm³/mol. The number of amidine groups is 1. The van der Waals surface area contributed by atoms with Crippen molar-refractivity contribution < 1.29 is 13.6 Å². The Morgan fingerprint density at radius 2 is 2.00 bits per heavy atom. The van der Waals surface area contributed by atoms with Crippen LogP contribution in [0.15, 0.2) is 5.16 Å². The zero-order valence-electron chi connectivity index (χ0n) is 11.9. The first-order valence-electron chi connectivity index (χ1n) is 6.70. The van der Waals surface area contributed by atoms with Gasteiger partial charge in [0.05, 0.1) is 11.3 Å². The summed E-state index contributed by atoms with van der Waals surface area (Å²) in [5.41, 5.74) is 4.82. The molecule has 0 radical (unpaired) electrons. The third-order valence-electron chi connectivity index (χ3n) is 3.63. The molecule has 7 heteroatoms. The highest BCUT2D eigenvalue weighted by molar-refractivity contribution is 7.89. The number of sulfonamides is 1. The largest absolute Gasteiger partial charge is 0.409 e. The SMILES string of the molecule is CC(C)CS(=O)(=O)NC1(C(N)=NO)CCC(C)CC1. The third kappa shape index (κ3) is 4.35. The molecule has 0 aromatic carbocycles. The second-order valence-electron chi connectivity index (χ2n) is 6.03. The van der Waals surface area contributed by atoms with E-state index in [-0.39, 0.29) is 17.5 Å². The highest BCUT2D eigenvalue weighted by Gasteiger charge is 2.41. The van der Waals surface area contributed by atoms with Crippen molar-refractivity contribution in [1.29, 1.82) is 0 Å². The highest BCUT2D eigenvalue weighted by atomic mass is 32.2. The van der Waals surface area contributed by atoms with Crippen LogP contribution in [0, 0.1) is 11.8 Å². The van der Waals surface area contributed by atoms with E-state index < -0.39 is 15.6 Å². The summed E-state index contributed by atoms with van der Waals surface area (Å²) in [4.78, 5) is 0. The van der Waals surface area contributed by atoms with Gasteiger partial charge in [-0.15, -0.1) is 0 Å². The maximum Gasteiger partial charge on any atom is 0.212 e. The third-order valence-corrected chi connectivity index (χ3v) is 5.44. The maximum absolute atomic E-state index is 12.1. The lowest BCUT2D eigenvalue weighted by Crippen LogP contribution is -2.59. The topological polar surface area (TPSA) is 105 Å². The average Bonchev–Trinajstić information content (AvgIpc) is 2.29. The van der Waals surface area contributed by atoms with Crippen LogP contribution in [0.25, 0.3) is 0 Å². The Morgan fingerprint density at radius 1 is 1.47 bits per heavy atom. The number of nitrogens with zero attached hydrogens (tertiary/aromatic N) is 1. The monoisotopic (exact) mass is 291 g/mol. The molecular weight excluding hydrogens is 266 g/mol. The molecule has 0 aromatic rings. The van der Waals surface area contributed by atoms with E-state index in [2.05, 4.69) is 16.8 Å². The van der Waals surface area contributed by atoms with Crippen LogP contribution in [-0.2, 0) is 10.0 Å². The molecule has 0 amide bonds. The van der Waals surface area contributed by atoms with Crippen molar-refractivity contribution in [3.63, 3.8) is 0 Å². The first-order valence-corrected chi connectivity index (χ1v) is 8.35. The van der Waals surface area contributed by atoms with Crippen molar-refractivity contribution >= 4 is 15.9 Å². The Balaban J connectivity index is 2.94. The molecule has 1 aliphatic rings. The number of nitrogens with two attached hydrogens (primary N) is 1. The van der Waals surface area contributed by atoms with Crippen LogP contribution in [-0.4, -0.2) is 30.8 Å². The summed E-state index contributed by atoms with van der Waals surface area (Å²) < 4.78 is 26.9. The molecule has 0 bridgehead atoms. The lowest BCUT2D eigenvalue weighted by Gasteiger charge is -2.38. The molecule has 4 N–H and O–H groups in total. The quantitative estimate of drug-likeness (QED) is 0.307. The van der Waals surface area contributed by atoms with Gasteiger partial charge in [0.25, 0.3) is 0 Å². The van der Waals surface area contributed by atoms with Crippen molar-refractivity contribution in [2.24, 2.45) is 22.7 Å². The van der Waals surface area contributed by atoms with Gasteiger partial charge in [-0.2, -0.15) is 0 Å². The van der Waals surface area contributed by atoms with Crippen LogP contribution in [0.3, 0.4) is 0 Å². The summed E-state index contributed by atoms with van der Waals surface area (Å²) in [6.07, 6.45) is 2.86.